The normalized spacial score (nSPS) is 11.5. The van der Waals surface area contributed by atoms with Gasteiger partial charge in [-0.05, 0) is 43.2 Å². The maximum atomic E-state index is 13.0. The van der Waals surface area contributed by atoms with Crippen molar-refractivity contribution in [2.75, 3.05) is 13.1 Å². The Morgan fingerprint density at radius 3 is 2.50 bits per heavy atom. The molecule has 6 heteroatoms. The van der Waals surface area contributed by atoms with E-state index in [1.54, 1.807) is 16.8 Å². The number of carbonyl (C=O) groups is 1. The minimum absolute atomic E-state index is 0.00738. The van der Waals surface area contributed by atoms with Gasteiger partial charge in [-0.15, -0.1) is 0 Å². The number of rotatable bonds is 8. The van der Waals surface area contributed by atoms with Gasteiger partial charge in [-0.3, -0.25) is 4.79 Å². The molecular formula is C18H25FN4O. The highest BCUT2D eigenvalue weighted by atomic mass is 19.1. The lowest BCUT2D eigenvalue weighted by Crippen LogP contribution is -2.45. The van der Waals surface area contributed by atoms with Crippen LogP contribution < -0.4 is 11.1 Å². The monoisotopic (exact) mass is 332 g/mol. The summed E-state index contributed by atoms with van der Waals surface area (Å²) < 4.78 is 14.6. The van der Waals surface area contributed by atoms with Crippen LogP contribution in [0.1, 0.15) is 32.4 Å². The van der Waals surface area contributed by atoms with E-state index in [1.807, 2.05) is 26.1 Å². The van der Waals surface area contributed by atoms with Crippen LogP contribution in [0, 0.1) is 11.2 Å². The predicted octanol–water partition coefficient (Wildman–Crippen LogP) is 2.44. The Bertz CT molecular complexity index is 654. The number of hydrogen-bond acceptors (Lipinski definition) is 3. The molecule has 0 saturated carbocycles. The van der Waals surface area contributed by atoms with Crippen LogP contribution in [-0.4, -0.2) is 28.8 Å². The molecular weight excluding hydrogens is 307 g/mol. The number of nitrogens with two attached hydrogens (primary N) is 1. The average molecular weight is 332 g/mol. The van der Waals surface area contributed by atoms with E-state index in [-0.39, 0.29) is 11.7 Å². The summed E-state index contributed by atoms with van der Waals surface area (Å²) >= 11 is 0. The maximum Gasteiger partial charge on any atom is 0.227 e. The van der Waals surface area contributed by atoms with Gasteiger partial charge < -0.3 is 11.1 Å². The second-order valence-corrected chi connectivity index (χ2v) is 5.93. The Morgan fingerprint density at radius 2 is 1.92 bits per heavy atom. The van der Waals surface area contributed by atoms with Crippen LogP contribution in [0.15, 0.2) is 36.5 Å². The molecule has 1 amide bonds. The first-order chi connectivity index (χ1) is 11.5. The highest BCUT2D eigenvalue weighted by molar-refractivity contribution is 5.82. The van der Waals surface area contributed by atoms with Gasteiger partial charge in [-0.1, -0.05) is 13.8 Å². The van der Waals surface area contributed by atoms with E-state index >= 15 is 0 Å². The van der Waals surface area contributed by atoms with Crippen molar-refractivity contribution in [2.24, 2.45) is 11.1 Å². The molecule has 2 rings (SSSR count). The minimum Gasteiger partial charge on any atom is -0.355 e. The Labute approximate surface area is 142 Å². The number of carbonyl (C=O) groups excluding carboxylic acids is 1. The maximum absolute atomic E-state index is 13.0. The Balaban J connectivity index is 1.92. The molecule has 0 saturated heterocycles. The molecule has 1 aromatic heterocycles. The topological polar surface area (TPSA) is 72.9 Å². The molecule has 0 bridgehead atoms. The van der Waals surface area contributed by atoms with E-state index in [0.717, 1.165) is 24.2 Å². The Hall–Kier alpha value is -2.21. The van der Waals surface area contributed by atoms with Crippen LogP contribution in [-0.2, 0) is 11.2 Å². The van der Waals surface area contributed by atoms with Gasteiger partial charge in [0.05, 0.1) is 16.8 Å². The Morgan fingerprint density at radius 1 is 1.25 bits per heavy atom. The molecule has 0 atom stereocenters. The Kier molecular flexibility index (Phi) is 6.09. The zero-order chi connectivity index (χ0) is 17.6. The summed E-state index contributed by atoms with van der Waals surface area (Å²) in [7, 11) is 0. The molecule has 24 heavy (non-hydrogen) atoms. The molecule has 1 aromatic carbocycles. The second kappa shape index (κ2) is 8.06. The van der Waals surface area contributed by atoms with E-state index in [1.165, 1.54) is 12.1 Å². The van der Waals surface area contributed by atoms with E-state index < -0.39 is 5.41 Å². The van der Waals surface area contributed by atoms with Gasteiger partial charge in [-0.2, -0.15) is 5.10 Å². The molecule has 0 fully saturated rings. The van der Waals surface area contributed by atoms with E-state index in [4.69, 9.17) is 5.73 Å². The van der Waals surface area contributed by atoms with Gasteiger partial charge in [0.1, 0.15) is 5.82 Å². The number of amides is 1. The first-order valence-electron chi connectivity index (χ1n) is 8.33. The standard InChI is InChI=1S/C18H25FN4O/c1-3-18(4-2,13-20)17(24)21-11-9-15-10-12-23(22-15)16-7-5-14(19)6-8-16/h5-8,10,12H,3-4,9,11,13,20H2,1-2H3,(H,21,24). The van der Waals surface area contributed by atoms with Crippen molar-refractivity contribution in [3.05, 3.63) is 48.0 Å². The van der Waals surface area contributed by atoms with E-state index in [0.29, 0.717) is 19.5 Å². The molecule has 130 valence electrons. The summed E-state index contributed by atoms with van der Waals surface area (Å²) in [4.78, 5) is 12.4. The molecule has 2 aromatic rings. The van der Waals surface area contributed by atoms with E-state index in [9.17, 15) is 9.18 Å². The summed E-state index contributed by atoms with van der Waals surface area (Å²) in [5.74, 6) is -0.267. The summed E-state index contributed by atoms with van der Waals surface area (Å²) in [5, 5.41) is 7.41. The lowest BCUT2D eigenvalue weighted by atomic mass is 9.81. The SMILES string of the molecule is CCC(CC)(CN)C(=O)NCCc1ccn(-c2ccc(F)cc2)n1. The number of halogens is 1. The van der Waals surface area contributed by atoms with Crippen molar-refractivity contribution in [3.63, 3.8) is 0 Å². The average Bonchev–Trinajstić information content (AvgIpc) is 3.06. The van der Waals surface area contributed by atoms with Gasteiger partial charge >= 0.3 is 0 Å². The second-order valence-electron chi connectivity index (χ2n) is 5.93. The summed E-state index contributed by atoms with van der Waals surface area (Å²) in [6.45, 7) is 4.84. The number of hydrogen-bond donors (Lipinski definition) is 2. The highest BCUT2D eigenvalue weighted by Crippen LogP contribution is 2.24. The van der Waals surface area contributed by atoms with Crippen molar-refractivity contribution < 1.29 is 9.18 Å². The zero-order valence-electron chi connectivity index (χ0n) is 14.3. The molecule has 0 radical (unpaired) electrons. The van der Waals surface area contributed by atoms with Crippen LogP contribution in [0.3, 0.4) is 0 Å². The van der Waals surface area contributed by atoms with Gasteiger partial charge in [0.2, 0.25) is 5.91 Å². The van der Waals surface area contributed by atoms with Crippen molar-refractivity contribution in [1.29, 1.82) is 0 Å². The first kappa shape index (κ1) is 18.1. The van der Waals surface area contributed by atoms with Gasteiger partial charge in [0.15, 0.2) is 0 Å². The molecule has 0 spiro atoms. The van der Waals surface area contributed by atoms with Gasteiger partial charge in [0.25, 0.3) is 0 Å². The molecule has 1 heterocycles. The van der Waals surface area contributed by atoms with Crippen molar-refractivity contribution in [1.82, 2.24) is 15.1 Å². The molecule has 0 aliphatic heterocycles. The lowest BCUT2D eigenvalue weighted by molar-refractivity contribution is -0.131. The van der Waals surface area contributed by atoms with Crippen LogP contribution in [0.5, 0.6) is 0 Å². The fourth-order valence-corrected chi connectivity index (χ4v) is 2.68. The van der Waals surface area contributed by atoms with E-state index in [2.05, 4.69) is 10.4 Å². The highest BCUT2D eigenvalue weighted by Gasteiger charge is 2.32. The molecule has 3 N–H and O–H groups in total. The number of benzene rings is 1. The zero-order valence-corrected chi connectivity index (χ0v) is 14.3. The number of nitrogens with zero attached hydrogens (tertiary/aromatic N) is 2. The fourth-order valence-electron chi connectivity index (χ4n) is 2.68. The molecule has 5 nitrogen and oxygen atoms in total. The van der Waals surface area contributed by atoms with Crippen molar-refractivity contribution in [3.8, 4) is 5.69 Å². The quantitative estimate of drug-likeness (QED) is 0.780. The molecule has 0 aliphatic rings. The van der Waals surface area contributed by atoms with Crippen LogP contribution in [0.25, 0.3) is 5.69 Å². The fraction of sp³-hybridized carbons (Fsp3) is 0.444. The summed E-state index contributed by atoms with van der Waals surface area (Å²) in [5.41, 5.74) is 6.97. The number of nitrogens with one attached hydrogen (secondary N) is 1. The number of aromatic nitrogens is 2. The third-order valence-electron chi connectivity index (χ3n) is 4.63. The summed E-state index contributed by atoms with van der Waals surface area (Å²) in [6, 6.07) is 8.04. The van der Waals surface area contributed by atoms with Gasteiger partial charge in [0, 0.05) is 25.7 Å². The smallest absolute Gasteiger partial charge is 0.227 e. The first-order valence-corrected chi connectivity index (χ1v) is 8.33. The predicted molar refractivity (Wildman–Crippen MR) is 92.3 cm³/mol. The summed E-state index contributed by atoms with van der Waals surface area (Å²) in [6.07, 6.45) is 3.91. The van der Waals surface area contributed by atoms with Crippen LogP contribution >= 0.6 is 0 Å². The van der Waals surface area contributed by atoms with Crippen molar-refractivity contribution >= 4 is 5.91 Å². The van der Waals surface area contributed by atoms with Crippen LogP contribution in [0.4, 0.5) is 4.39 Å². The van der Waals surface area contributed by atoms with Crippen molar-refractivity contribution in [2.45, 2.75) is 33.1 Å². The van der Waals surface area contributed by atoms with Gasteiger partial charge in [-0.25, -0.2) is 9.07 Å². The third kappa shape index (κ3) is 4.00. The minimum atomic E-state index is -0.479. The molecule has 0 aliphatic carbocycles. The lowest BCUT2D eigenvalue weighted by Gasteiger charge is -2.28. The third-order valence-corrected chi connectivity index (χ3v) is 4.63. The molecule has 0 unspecified atom stereocenters. The van der Waals surface area contributed by atoms with Crippen LogP contribution in [0.2, 0.25) is 0 Å². The largest absolute Gasteiger partial charge is 0.355 e.